The summed E-state index contributed by atoms with van der Waals surface area (Å²) in [6.07, 6.45) is 5.78. The van der Waals surface area contributed by atoms with Gasteiger partial charge >= 0.3 is 5.97 Å². The molecule has 0 fully saturated rings. The Morgan fingerprint density at radius 3 is 3.00 bits per heavy atom. The highest BCUT2D eigenvalue weighted by molar-refractivity contribution is 9.10. The van der Waals surface area contributed by atoms with Gasteiger partial charge in [0, 0.05) is 12.4 Å². The summed E-state index contributed by atoms with van der Waals surface area (Å²) in [6.45, 7) is 2.04. The molecule has 0 aliphatic carbocycles. The summed E-state index contributed by atoms with van der Waals surface area (Å²) < 4.78 is 0.776. The number of carbonyl (C=O) groups is 1. The van der Waals surface area contributed by atoms with Crippen molar-refractivity contribution in [2.45, 2.75) is 32.2 Å². The van der Waals surface area contributed by atoms with Crippen molar-refractivity contribution in [1.82, 2.24) is 4.98 Å². The number of carboxylic acid groups (broad SMARTS) is 1. The van der Waals surface area contributed by atoms with Crippen LogP contribution in [0.1, 0.15) is 26.2 Å². The number of hydrogen-bond acceptors (Lipinski definition) is 3. The van der Waals surface area contributed by atoms with Crippen LogP contribution < -0.4 is 5.32 Å². The van der Waals surface area contributed by atoms with E-state index in [1.54, 1.807) is 18.5 Å². The summed E-state index contributed by atoms with van der Waals surface area (Å²) in [5, 5.41) is 12.1. The van der Waals surface area contributed by atoms with Crippen LogP contribution in [0.5, 0.6) is 0 Å². The summed E-state index contributed by atoms with van der Waals surface area (Å²) in [4.78, 5) is 15.0. The third-order valence-corrected chi connectivity index (χ3v) is 2.88. The first-order valence-electron chi connectivity index (χ1n) is 5.24. The van der Waals surface area contributed by atoms with Crippen LogP contribution in [-0.4, -0.2) is 22.1 Å². The van der Waals surface area contributed by atoms with Crippen molar-refractivity contribution in [2.24, 2.45) is 0 Å². The highest BCUT2D eigenvalue weighted by Gasteiger charge is 2.17. The van der Waals surface area contributed by atoms with Gasteiger partial charge in [0.1, 0.15) is 6.04 Å². The van der Waals surface area contributed by atoms with Gasteiger partial charge in [0.15, 0.2) is 0 Å². The van der Waals surface area contributed by atoms with Gasteiger partial charge in [-0.2, -0.15) is 0 Å². The Kier molecular flexibility index (Phi) is 5.25. The number of pyridine rings is 1. The zero-order chi connectivity index (χ0) is 12.0. The predicted octanol–water partition coefficient (Wildman–Crippen LogP) is 2.90. The number of anilines is 1. The van der Waals surface area contributed by atoms with Gasteiger partial charge in [-0.15, -0.1) is 0 Å². The van der Waals surface area contributed by atoms with E-state index in [2.05, 4.69) is 26.2 Å². The Bertz CT molecular complexity index is 358. The van der Waals surface area contributed by atoms with Crippen molar-refractivity contribution in [2.75, 3.05) is 5.32 Å². The molecular weight excluding hydrogens is 272 g/mol. The van der Waals surface area contributed by atoms with Crippen LogP contribution >= 0.6 is 15.9 Å². The van der Waals surface area contributed by atoms with Gasteiger partial charge in [0.05, 0.1) is 10.2 Å². The second-order valence-corrected chi connectivity index (χ2v) is 4.39. The molecule has 0 amide bonds. The molecule has 0 aliphatic rings. The molecule has 5 heteroatoms. The quantitative estimate of drug-likeness (QED) is 0.844. The van der Waals surface area contributed by atoms with E-state index in [0.29, 0.717) is 6.42 Å². The first-order valence-corrected chi connectivity index (χ1v) is 6.03. The molecule has 1 atom stereocenters. The third kappa shape index (κ3) is 3.81. The molecule has 1 rings (SSSR count). The summed E-state index contributed by atoms with van der Waals surface area (Å²) in [5.41, 5.74) is 0.763. The summed E-state index contributed by atoms with van der Waals surface area (Å²) >= 11 is 3.32. The Hall–Kier alpha value is -1.10. The molecule has 88 valence electrons. The maximum atomic E-state index is 11.0. The van der Waals surface area contributed by atoms with Gasteiger partial charge < -0.3 is 10.4 Å². The van der Waals surface area contributed by atoms with Gasteiger partial charge in [-0.25, -0.2) is 4.79 Å². The fraction of sp³-hybridized carbons (Fsp3) is 0.455. The van der Waals surface area contributed by atoms with E-state index < -0.39 is 12.0 Å². The molecule has 1 heterocycles. The largest absolute Gasteiger partial charge is 0.480 e. The van der Waals surface area contributed by atoms with Crippen molar-refractivity contribution >= 4 is 27.6 Å². The van der Waals surface area contributed by atoms with Gasteiger partial charge in [0.2, 0.25) is 0 Å². The third-order valence-electron chi connectivity index (χ3n) is 2.25. The number of hydrogen-bond donors (Lipinski definition) is 2. The maximum absolute atomic E-state index is 11.0. The summed E-state index contributed by atoms with van der Waals surface area (Å²) in [7, 11) is 0. The van der Waals surface area contributed by atoms with E-state index in [0.717, 1.165) is 23.0 Å². The highest BCUT2D eigenvalue weighted by Crippen LogP contribution is 2.21. The van der Waals surface area contributed by atoms with E-state index in [4.69, 9.17) is 5.11 Å². The average molecular weight is 287 g/mol. The lowest BCUT2D eigenvalue weighted by molar-refractivity contribution is -0.138. The molecule has 0 bridgehead atoms. The van der Waals surface area contributed by atoms with Gasteiger partial charge in [-0.1, -0.05) is 19.8 Å². The standard InChI is InChI=1S/C11H15BrN2O2/c1-2-3-4-10(11(15)16)14-9-5-6-13-7-8(9)12/h5-7,10H,2-4H2,1H3,(H,13,14)(H,15,16)/t10-/m0/s1. The summed E-state index contributed by atoms with van der Waals surface area (Å²) in [5.74, 6) is -0.822. The van der Waals surface area contributed by atoms with E-state index in [1.807, 2.05) is 6.92 Å². The lowest BCUT2D eigenvalue weighted by atomic mass is 10.1. The maximum Gasteiger partial charge on any atom is 0.326 e. The van der Waals surface area contributed by atoms with Crippen LogP contribution in [0.3, 0.4) is 0 Å². The molecule has 0 saturated carbocycles. The SMILES string of the molecule is CCCC[C@H](Nc1ccncc1Br)C(=O)O. The Morgan fingerprint density at radius 1 is 1.69 bits per heavy atom. The van der Waals surface area contributed by atoms with Crippen molar-refractivity contribution in [1.29, 1.82) is 0 Å². The minimum Gasteiger partial charge on any atom is -0.480 e. The van der Waals surface area contributed by atoms with E-state index in [9.17, 15) is 4.79 Å². The molecule has 0 aliphatic heterocycles. The number of nitrogens with zero attached hydrogens (tertiary/aromatic N) is 1. The minimum atomic E-state index is -0.822. The van der Waals surface area contributed by atoms with Gasteiger partial charge in [-0.05, 0) is 28.4 Å². The fourth-order valence-corrected chi connectivity index (χ4v) is 1.71. The molecule has 0 radical (unpaired) electrons. The zero-order valence-electron chi connectivity index (χ0n) is 9.11. The number of aromatic nitrogens is 1. The Labute approximate surface area is 103 Å². The molecule has 0 saturated heterocycles. The molecule has 1 aromatic heterocycles. The molecule has 0 spiro atoms. The fourth-order valence-electron chi connectivity index (χ4n) is 1.35. The lowest BCUT2D eigenvalue weighted by Gasteiger charge is -2.16. The number of carboxylic acids is 1. The molecule has 16 heavy (non-hydrogen) atoms. The monoisotopic (exact) mass is 286 g/mol. The highest BCUT2D eigenvalue weighted by atomic mass is 79.9. The number of nitrogens with one attached hydrogen (secondary N) is 1. The zero-order valence-corrected chi connectivity index (χ0v) is 10.7. The second-order valence-electron chi connectivity index (χ2n) is 3.53. The lowest BCUT2D eigenvalue weighted by Crippen LogP contribution is -2.29. The number of unbranched alkanes of at least 4 members (excludes halogenated alkanes) is 1. The van der Waals surface area contributed by atoms with Crippen molar-refractivity contribution in [3.05, 3.63) is 22.9 Å². The Balaban J connectivity index is 2.68. The first kappa shape index (κ1) is 13.0. The van der Waals surface area contributed by atoms with E-state index >= 15 is 0 Å². The van der Waals surface area contributed by atoms with Gasteiger partial charge in [-0.3, -0.25) is 4.98 Å². The average Bonchev–Trinajstić information content (AvgIpc) is 2.26. The molecule has 0 aromatic carbocycles. The number of rotatable bonds is 6. The Morgan fingerprint density at radius 2 is 2.44 bits per heavy atom. The normalized spacial score (nSPS) is 12.1. The summed E-state index contributed by atoms with van der Waals surface area (Å²) in [6, 6.07) is 1.21. The van der Waals surface area contributed by atoms with Crippen LogP contribution in [0.4, 0.5) is 5.69 Å². The number of halogens is 1. The molecule has 0 unspecified atom stereocenters. The topological polar surface area (TPSA) is 62.2 Å². The molecule has 2 N–H and O–H groups in total. The minimum absolute atomic E-state index is 0.543. The van der Waals surface area contributed by atoms with Crippen molar-refractivity contribution in [3.63, 3.8) is 0 Å². The van der Waals surface area contributed by atoms with Crippen molar-refractivity contribution < 1.29 is 9.90 Å². The number of aliphatic carboxylic acids is 1. The first-order chi connectivity index (χ1) is 7.65. The van der Waals surface area contributed by atoms with Crippen LogP contribution in [0.2, 0.25) is 0 Å². The molecule has 4 nitrogen and oxygen atoms in total. The van der Waals surface area contributed by atoms with E-state index in [1.165, 1.54) is 0 Å². The van der Waals surface area contributed by atoms with Crippen molar-refractivity contribution in [3.8, 4) is 0 Å². The predicted molar refractivity (Wildman–Crippen MR) is 66.5 cm³/mol. The van der Waals surface area contributed by atoms with Crippen LogP contribution in [0.25, 0.3) is 0 Å². The van der Waals surface area contributed by atoms with Crippen LogP contribution in [0, 0.1) is 0 Å². The molecular formula is C11H15BrN2O2. The van der Waals surface area contributed by atoms with Gasteiger partial charge in [0.25, 0.3) is 0 Å². The van der Waals surface area contributed by atoms with E-state index in [-0.39, 0.29) is 0 Å². The van der Waals surface area contributed by atoms with Crippen LogP contribution in [-0.2, 0) is 4.79 Å². The molecule has 1 aromatic rings. The smallest absolute Gasteiger partial charge is 0.326 e. The second kappa shape index (κ2) is 6.48. The van der Waals surface area contributed by atoms with Crippen LogP contribution in [0.15, 0.2) is 22.9 Å².